The Bertz CT molecular complexity index is 718. The Hall–Kier alpha value is -1.96. The van der Waals surface area contributed by atoms with Crippen molar-refractivity contribution >= 4 is 52.2 Å². The number of nitro benzene ring substituents is 1. The summed E-state index contributed by atoms with van der Waals surface area (Å²) in [6.45, 7) is 0. The molecule has 0 atom stereocenters. The smallest absolute Gasteiger partial charge is 0.287 e. The van der Waals surface area contributed by atoms with Gasteiger partial charge in [-0.1, -0.05) is 23.2 Å². The van der Waals surface area contributed by atoms with E-state index in [-0.39, 0.29) is 32.5 Å². The van der Waals surface area contributed by atoms with Crippen LogP contribution in [-0.4, -0.2) is 20.8 Å². The fraction of sp³-hybridized carbons (Fsp3) is 0. The average Bonchev–Trinajstić information content (AvgIpc) is 2.36. The number of benzene rings is 1. The first-order valence-corrected chi connectivity index (χ1v) is 6.45. The van der Waals surface area contributed by atoms with Crippen LogP contribution in [0.2, 0.25) is 15.5 Å². The molecule has 7 nitrogen and oxygen atoms in total. The number of rotatable bonds is 3. The molecule has 108 valence electrons. The highest BCUT2D eigenvalue weighted by molar-refractivity contribution is 6.33. The highest BCUT2D eigenvalue weighted by Crippen LogP contribution is 2.25. The van der Waals surface area contributed by atoms with Crippen LogP contribution in [0.15, 0.2) is 24.3 Å². The quantitative estimate of drug-likeness (QED) is 0.396. The number of anilines is 1. The molecule has 1 aromatic carbocycles. The van der Waals surface area contributed by atoms with Crippen molar-refractivity contribution in [1.82, 2.24) is 9.97 Å². The Morgan fingerprint density at radius 2 is 1.90 bits per heavy atom. The largest absolute Gasteiger partial charge is 0.306 e. The van der Waals surface area contributed by atoms with Crippen molar-refractivity contribution in [2.24, 2.45) is 0 Å². The number of hydrogen-bond acceptors (Lipinski definition) is 5. The lowest BCUT2D eigenvalue weighted by Gasteiger charge is -2.05. The normalized spacial score (nSPS) is 10.2. The summed E-state index contributed by atoms with van der Waals surface area (Å²) in [4.78, 5) is 29.4. The van der Waals surface area contributed by atoms with E-state index in [4.69, 9.17) is 34.8 Å². The Morgan fingerprint density at radius 1 is 1.19 bits per heavy atom. The molecule has 21 heavy (non-hydrogen) atoms. The van der Waals surface area contributed by atoms with Gasteiger partial charge in [0.1, 0.15) is 16.0 Å². The lowest BCUT2D eigenvalue weighted by molar-refractivity contribution is -0.384. The van der Waals surface area contributed by atoms with E-state index in [1.165, 1.54) is 18.2 Å². The van der Waals surface area contributed by atoms with Gasteiger partial charge in [-0.25, -0.2) is 9.97 Å². The molecule has 0 fully saturated rings. The first-order valence-electron chi connectivity index (χ1n) is 5.32. The zero-order valence-electron chi connectivity index (χ0n) is 10.0. The number of amides is 1. The van der Waals surface area contributed by atoms with Crippen LogP contribution in [0.5, 0.6) is 0 Å². The van der Waals surface area contributed by atoms with E-state index >= 15 is 0 Å². The second kappa shape index (κ2) is 6.21. The molecule has 1 amide bonds. The van der Waals surface area contributed by atoms with Crippen LogP contribution in [0.3, 0.4) is 0 Å². The van der Waals surface area contributed by atoms with Gasteiger partial charge in [-0.3, -0.25) is 14.9 Å². The van der Waals surface area contributed by atoms with Crippen molar-refractivity contribution < 1.29 is 9.72 Å². The van der Waals surface area contributed by atoms with E-state index < -0.39 is 10.8 Å². The van der Waals surface area contributed by atoms with Gasteiger partial charge in [0.15, 0.2) is 0 Å². The van der Waals surface area contributed by atoms with E-state index in [1.807, 2.05) is 0 Å². The molecule has 10 heteroatoms. The van der Waals surface area contributed by atoms with Crippen molar-refractivity contribution in [1.29, 1.82) is 0 Å². The lowest BCUT2D eigenvalue weighted by Crippen LogP contribution is -2.13. The summed E-state index contributed by atoms with van der Waals surface area (Å²) < 4.78 is 0. The van der Waals surface area contributed by atoms with Gasteiger partial charge >= 0.3 is 0 Å². The highest BCUT2D eigenvalue weighted by atomic mass is 35.5. The minimum atomic E-state index is -0.645. The van der Waals surface area contributed by atoms with Crippen molar-refractivity contribution in [3.63, 3.8) is 0 Å². The number of halogens is 3. The number of carbonyl (C=O) groups excluding carboxylic acids is 1. The fourth-order valence-corrected chi connectivity index (χ4v) is 2.10. The molecular weight excluding hydrogens is 343 g/mol. The Balaban J connectivity index is 2.24. The van der Waals surface area contributed by atoms with Crippen LogP contribution in [0.1, 0.15) is 10.4 Å². The summed E-state index contributed by atoms with van der Waals surface area (Å²) in [5.74, 6) is -0.475. The van der Waals surface area contributed by atoms with E-state index in [2.05, 4.69) is 15.3 Å². The molecular formula is C11H5Cl3N4O3. The van der Waals surface area contributed by atoms with E-state index in [0.29, 0.717) is 0 Å². The topological polar surface area (TPSA) is 98.0 Å². The number of hydrogen-bond donors (Lipinski definition) is 1. The third-order valence-electron chi connectivity index (χ3n) is 2.32. The number of aromatic nitrogens is 2. The van der Waals surface area contributed by atoms with Crippen LogP contribution in [0.25, 0.3) is 0 Å². The zero-order chi connectivity index (χ0) is 15.6. The molecule has 0 saturated heterocycles. The van der Waals surface area contributed by atoms with Gasteiger partial charge in [0.25, 0.3) is 11.6 Å². The fourth-order valence-electron chi connectivity index (χ4n) is 1.44. The van der Waals surface area contributed by atoms with E-state index in [1.54, 1.807) is 0 Å². The minimum absolute atomic E-state index is 0.0621. The molecule has 1 heterocycles. The predicted octanol–water partition coefficient (Wildman–Crippen LogP) is 3.60. The molecule has 0 radical (unpaired) electrons. The summed E-state index contributed by atoms with van der Waals surface area (Å²) in [6, 6.07) is 4.89. The minimum Gasteiger partial charge on any atom is -0.306 e. The van der Waals surface area contributed by atoms with Crippen LogP contribution in [0.4, 0.5) is 11.5 Å². The zero-order valence-corrected chi connectivity index (χ0v) is 12.3. The van der Waals surface area contributed by atoms with Crippen LogP contribution in [-0.2, 0) is 0 Å². The Morgan fingerprint density at radius 3 is 2.48 bits per heavy atom. The maximum Gasteiger partial charge on any atom is 0.287 e. The highest BCUT2D eigenvalue weighted by Gasteiger charge is 2.16. The van der Waals surface area contributed by atoms with Crippen molar-refractivity contribution in [2.75, 3.05) is 5.32 Å². The maximum absolute atomic E-state index is 12.0. The third-order valence-corrected chi connectivity index (χ3v) is 2.98. The molecule has 1 N–H and O–H groups in total. The Kier molecular flexibility index (Phi) is 4.56. The van der Waals surface area contributed by atoms with Gasteiger partial charge in [0.2, 0.25) is 5.28 Å². The standard InChI is InChI=1S/C11H5Cl3N4O3/c12-6-3-5(1-2-7(6)18(20)21)10(19)16-9-4-8(13)15-11(14)17-9/h1-4H,(H,15,16,17,19). The average molecular weight is 348 g/mol. The molecule has 2 rings (SSSR count). The van der Waals surface area contributed by atoms with E-state index in [0.717, 1.165) is 6.07 Å². The van der Waals surface area contributed by atoms with Crippen molar-refractivity contribution in [2.45, 2.75) is 0 Å². The summed E-state index contributed by atoms with van der Waals surface area (Å²) >= 11 is 17.0. The van der Waals surface area contributed by atoms with Gasteiger partial charge < -0.3 is 5.32 Å². The molecule has 0 bridgehead atoms. The lowest BCUT2D eigenvalue weighted by atomic mass is 10.2. The van der Waals surface area contributed by atoms with Crippen LogP contribution >= 0.6 is 34.8 Å². The monoisotopic (exact) mass is 346 g/mol. The van der Waals surface area contributed by atoms with Crippen LogP contribution in [0, 0.1) is 10.1 Å². The maximum atomic E-state index is 12.0. The molecule has 2 aromatic rings. The van der Waals surface area contributed by atoms with Gasteiger partial charge in [-0.15, -0.1) is 0 Å². The second-order valence-corrected chi connectivity index (χ2v) is 4.85. The van der Waals surface area contributed by atoms with Gasteiger partial charge in [0, 0.05) is 17.7 Å². The molecule has 0 spiro atoms. The summed E-state index contributed by atoms with van der Waals surface area (Å²) in [5.41, 5.74) is -0.169. The first kappa shape index (κ1) is 15.4. The molecule has 0 unspecified atom stereocenters. The molecule has 0 aliphatic rings. The predicted molar refractivity (Wildman–Crippen MR) is 78.1 cm³/mol. The third kappa shape index (κ3) is 3.78. The first-order chi connectivity index (χ1) is 9.86. The molecule has 0 aliphatic carbocycles. The molecule has 0 aliphatic heterocycles. The van der Waals surface area contributed by atoms with Gasteiger partial charge in [-0.05, 0) is 23.7 Å². The molecule has 0 saturated carbocycles. The SMILES string of the molecule is O=C(Nc1cc(Cl)nc(Cl)n1)c1ccc([N+](=O)[O-])c(Cl)c1. The second-order valence-electron chi connectivity index (χ2n) is 3.72. The molecule has 1 aromatic heterocycles. The van der Waals surface area contributed by atoms with Gasteiger partial charge in [-0.2, -0.15) is 0 Å². The van der Waals surface area contributed by atoms with Crippen molar-refractivity contribution in [3.8, 4) is 0 Å². The number of nitro groups is 1. The van der Waals surface area contributed by atoms with Gasteiger partial charge in [0.05, 0.1) is 4.92 Å². The number of nitrogens with one attached hydrogen (secondary N) is 1. The Labute approximate surface area is 133 Å². The van der Waals surface area contributed by atoms with Crippen LogP contribution < -0.4 is 5.32 Å². The summed E-state index contributed by atoms with van der Waals surface area (Å²) in [7, 11) is 0. The van der Waals surface area contributed by atoms with E-state index in [9.17, 15) is 14.9 Å². The summed E-state index contributed by atoms with van der Waals surface area (Å²) in [5, 5.41) is 12.9. The number of nitrogens with zero attached hydrogens (tertiary/aromatic N) is 3. The summed E-state index contributed by atoms with van der Waals surface area (Å²) in [6.07, 6.45) is 0. The van der Waals surface area contributed by atoms with Crippen molar-refractivity contribution in [3.05, 3.63) is 55.4 Å². The number of carbonyl (C=O) groups is 1.